The second-order valence-corrected chi connectivity index (χ2v) is 4.62. The van der Waals surface area contributed by atoms with Crippen molar-refractivity contribution in [2.45, 2.75) is 11.2 Å². The van der Waals surface area contributed by atoms with E-state index in [0.29, 0.717) is 0 Å². The molecule has 0 saturated heterocycles. The van der Waals surface area contributed by atoms with Crippen molar-refractivity contribution in [1.82, 2.24) is 4.72 Å². The molecule has 1 rings (SSSR count). The molecule has 1 N–H and O–H groups in total. The predicted molar refractivity (Wildman–Crippen MR) is 42.6 cm³/mol. The molecule has 1 aromatic carbocycles. The first-order chi connectivity index (χ1) is 8.38. The van der Waals surface area contributed by atoms with Gasteiger partial charge in [-0.05, 0) is 0 Å². The normalized spacial score (nSPS) is 12.8. The maximum atomic E-state index is 13.0. The fourth-order valence-corrected chi connectivity index (χ4v) is 2.08. The molecule has 3 nitrogen and oxygen atoms in total. The number of nitrogens with one attached hydrogen (secondary N) is 1. The summed E-state index contributed by atoms with van der Waals surface area (Å²) in [6.07, 6.45) is -5.65. The highest BCUT2D eigenvalue weighted by Crippen LogP contribution is 2.28. The molecule has 19 heavy (non-hydrogen) atoms. The van der Waals surface area contributed by atoms with Gasteiger partial charge < -0.3 is 0 Å². The van der Waals surface area contributed by atoms with Gasteiger partial charge in [-0.2, -0.15) is 13.2 Å². The Balaban J connectivity index is 3.61. The summed E-state index contributed by atoms with van der Waals surface area (Å²) < 4.78 is 121. The number of hydrogen-bond acceptors (Lipinski definition) is 2. The van der Waals surface area contributed by atoms with E-state index in [9.17, 15) is 43.5 Å². The molecule has 0 fully saturated rings. The Morgan fingerprint density at radius 3 is 1.37 bits per heavy atom. The summed E-state index contributed by atoms with van der Waals surface area (Å²) in [5.41, 5.74) is 0. The third-order valence-electron chi connectivity index (χ3n) is 1.69. The molecular formula is C7HF8NO2S. The Hall–Kier alpha value is -1.43. The minimum atomic E-state index is -6.01. The molecule has 0 heterocycles. The number of halogens is 8. The number of benzene rings is 1. The molecule has 0 aliphatic heterocycles. The van der Waals surface area contributed by atoms with Crippen molar-refractivity contribution in [2.24, 2.45) is 0 Å². The molecule has 0 atom stereocenters. The second kappa shape index (κ2) is 4.59. The summed E-state index contributed by atoms with van der Waals surface area (Å²) in [4.78, 5) is -2.61. The van der Waals surface area contributed by atoms with Crippen LogP contribution in [-0.4, -0.2) is 14.7 Å². The van der Waals surface area contributed by atoms with E-state index in [0.717, 1.165) is 0 Å². The summed E-state index contributed by atoms with van der Waals surface area (Å²) in [6.45, 7) is 0. The van der Waals surface area contributed by atoms with Crippen molar-refractivity contribution in [3.05, 3.63) is 29.1 Å². The molecule has 0 saturated carbocycles. The first kappa shape index (κ1) is 15.6. The zero-order valence-electron chi connectivity index (χ0n) is 8.25. The van der Waals surface area contributed by atoms with E-state index < -0.39 is 50.3 Å². The third kappa shape index (κ3) is 2.94. The minimum absolute atomic E-state index is 0.196. The van der Waals surface area contributed by atoms with E-state index in [4.69, 9.17) is 0 Å². The maximum Gasteiger partial charge on any atom is 0.470 e. The van der Waals surface area contributed by atoms with E-state index >= 15 is 0 Å². The van der Waals surface area contributed by atoms with Crippen molar-refractivity contribution in [3.63, 3.8) is 0 Å². The molecule has 0 aliphatic rings. The van der Waals surface area contributed by atoms with Crippen LogP contribution in [0.5, 0.6) is 0 Å². The van der Waals surface area contributed by atoms with E-state index in [2.05, 4.69) is 0 Å². The highest BCUT2D eigenvalue weighted by Gasteiger charge is 2.40. The fraction of sp³-hybridized carbons (Fsp3) is 0.143. The second-order valence-electron chi connectivity index (χ2n) is 3.00. The Morgan fingerprint density at radius 2 is 1.05 bits per heavy atom. The fourth-order valence-electron chi connectivity index (χ4n) is 1.02. The number of rotatable bonds is 2. The van der Waals surface area contributed by atoms with Crippen LogP contribution in [-0.2, 0) is 10.0 Å². The molecule has 108 valence electrons. The zero-order chi connectivity index (χ0) is 15.2. The van der Waals surface area contributed by atoms with Gasteiger partial charge in [0.25, 0.3) is 10.0 Å². The van der Waals surface area contributed by atoms with Crippen LogP contribution in [0.15, 0.2) is 4.90 Å². The molecular weight excluding hydrogens is 314 g/mol. The molecule has 0 unspecified atom stereocenters. The van der Waals surface area contributed by atoms with Crippen molar-refractivity contribution in [2.75, 3.05) is 0 Å². The topological polar surface area (TPSA) is 46.2 Å². The van der Waals surface area contributed by atoms with Crippen LogP contribution in [0.1, 0.15) is 0 Å². The molecule has 0 radical (unpaired) electrons. The minimum Gasteiger partial charge on any atom is -0.207 e. The van der Waals surface area contributed by atoms with Crippen molar-refractivity contribution in [1.29, 1.82) is 0 Å². The predicted octanol–water partition coefficient (Wildman–Crippen LogP) is 2.18. The largest absolute Gasteiger partial charge is 0.470 e. The van der Waals surface area contributed by atoms with Gasteiger partial charge in [-0.3, -0.25) is 0 Å². The van der Waals surface area contributed by atoms with Gasteiger partial charge in [0.15, 0.2) is 28.2 Å². The molecule has 0 aliphatic carbocycles. The quantitative estimate of drug-likeness (QED) is 0.393. The van der Waals surface area contributed by atoms with Gasteiger partial charge >= 0.3 is 6.30 Å². The number of alkyl halides is 3. The Labute approximate surface area is 99.4 Å². The smallest absolute Gasteiger partial charge is 0.207 e. The van der Waals surface area contributed by atoms with E-state index in [1.165, 1.54) is 0 Å². The Morgan fingerprint density at radius 1 is 0.737 bits per heavy atom. The summed E-state index contributed by atoms with van der Waals surface area (Å²) in [6, 6.07) is 0. The molecule has 0 spiro atoms. The number of hydrogen-bond donors (Lipinski definition) is 1. The van der Waals surface area contributed by atoms with Gasteiger partial charge in [-0.15, -0.1) is 4.72 Å². The summed E-state index contributed by atoms with van der Waals surface area (Å²) in [5.74, 6) is -13.8. The molecule has 0 aromatic heterocycles. The summed E-state index contributed by atoms with van der Waals surface area (Å²) in [7, 11) is -6.01. The van der Waals surface area contributed by atoms with Crippen LogP contribution in [0.4, 0.5) is 35.1 Å². The van der Waals surface area contributed by atoms with Gasteiger partial charge in [0, 0.05) is 0 Å². The number of sulfonamides is 1. The van der Waals surface area contributed by atoms with Crippen LogP contribution in [0, 0.1) is 29.1 Å². The van der Waals surface area contributed by atoms with E-state index in [-0.39, 0.29) is 4.72 Å². The Kier molecular flexibility index (Phi) is 3.78. The van der Waals surface area contributed by atoms with E-state index in [1.807, 2.05) is 0 Å². The molecule has 0 amide bonds. The lowest BCUT2D eigenvalue weighted by molar-refractivity contribution is -0.138. The van der Waals surface area contributed by atoms with Crippen LogP contribution >= 0.6 is 0 Å². The van der Waals surface area contributed by atoms with Gasteiger partial charge in [0.1, 0.15) is 0 Å². The highest BCUT2D eigenvalue weighted by molar-refractivity contribution is 7.89. The molecule has 1 aromatic rings. The van der Waals surface area contributed by atoms with Crippen LogP contribution in [0.2, 0.25) is 0 Å². The summed E-state index contributed by atoms with van der Waals surface area (Å²) >= 11 is 0. The van der Waals surface area contributed by atoms with Gasteiger partial charge in [-0.25, -0.2) is 30.4 Å². The van der Waals surface area contributed by atoms with Crippen LogP contribution < -0.4 is 4.72 Å². The maximum absolute atomic E-state index is 13.0. The Bertz CT molecular complexity index is 594. The van der Waals surface area contributed by atoms with Gasteiger partial charge in [0.05, 0.1) is 0 Å². The lowest BCUT2D eigenvalue weighted by Gasteiger charge is -2.12. The van der Waals surface area contributed by atoms with Crippen molar-refractivity contribution in [3.8, 4) is 0 Å². The van der Waals surface area contributed by atoms with Crippen molar-refractivity contribution < 1.29 is 43.5 Å². The van der Waals surface area contributed by atoms with Crippen molar-refractivity contribution >= 4 is 10.0 Å². The molecule has 0 bridgehead atoms. The highest BCUT2D eigenvalue weighted by atomic mass is 32.2. The first-order valence-electron chi connectivity index (χ1n) is 4.00. The monoisotopic (exact) mass is 315 g/mol. The molecule has 12 heteroatoms. The van der Waals surface area contributed by atoms with Gasteiger partial charge in [-0.1, -0.05) is 0 Å². The average molecular weight is 315 g/mol. The standard InChI is InChI=1S/C7HF8NO2S/c8-1-2(9)4(11)6(5(12)3(1)10)19(17,18)16-7(13,14)15/h16H. The SMILES string of the molecule is O=S(=O)(NC(F)(F)F)c1c(F)c(F)c(F)c(F)c1F. The summed E-state index contributed by atoms with van der Waals surface area (Å²) in [5, 5.41) is 0. The van der Waals surface area contributed by atoms with E-state index in [1.54, 1.807) is 0 Å². The zero-order valence-corrected chi connectivity index (χ0v) is 9.06. The first-order valence-corrected chi connectivity index (χ1v) is 5.49. The lowest BCUT2D eigenvalue weighted by Crippen LogP contribution is -2.38. The lowest BCUT2D eigenvalue weighted by atomic mass is 10.3. The third-order valence-corrected chi connectivity index (χ3v) is 3.08. The average Bonchev–Trinajstić information content (AvgIpc) is 2.20. The van der Waals surface area contributed by atoms with Gasteiger partial charge in [0.2, 0.25) is 5.82 Å². The van der Waals surface area contributed by atoms with Crippen LogP contribution in [0.25, 0.3) is 0 Å². The van der Waals surface area contributed by atoms with Crippen LogP contribution in [0.3, 0.4) is 0 Å².